The number of hydrogen-bond donors (Lipinski definition) is 0. The first kappa shape index (κ1) is 7.67. The minimum Gasteiger partial charge on any atom is -0.295 e. The average molecular weight is 188 g/mol. The van der Waals surface area contributed by atoms with Gasteiger partial charge in [0.05, 0.1) is 0 Å². The van der Waals surface area contributed by atoms with E-state index in [2.05, 4.69) is 6.08 Å². The molecule has 1 nitrogen and oxygen atoms in total. The first-order valence-corrected chi connectivity index (χ1v) is 6.00. The van der Waals surface area contributed by atoms with Crippen molar-refractivity contribution < 1.29 is 4.79 Å². The fourth-order valence-electron chi connectivity index (χ4n) is 4.48. The summed E-state index contributed by atoms with van der Waals surface area (Å²) in [6, 6.07) is 0. The number of hydrogen-bond acceptors (Lipinski definition) is 1. The highest BCUT2D eigenvalue weighted by Gasteiger charge is 2.59. The van der Waals surface area contributed by atoms with Crippen molar-refractivity contribution in [2.75, 3.05) is 0 Å². The van der Waals surface area contributed by atoms with Gasteiger partial charge in [0.25, 0.3) is 0 Å². The van der Waals surface area contributed by atoms with Crippen LogP contribution in [-0.4, -0.2) is 5.78 Å². The smallest absolute Gasteiger partial charge is 0.159 e. The third-order valence-corrected chi connectivity index (χ3v) is 5.26. The number of rotatable bonds is 0. The van der Waals surface area contributed by atoms with Gasteiger partial charge in [-0.05, 0) is 61.3 Å². The van der Waals surface area contributed by atoms with Gasteiger partial charge >= 0.3 is 0 Å². The second-order valence-corrected chi connectivity index (χ2v) is 6.02. The van der Waals surface area contributed by atoms with Gasteiger partial charge in [-0.25, -0.2) is 0 Å². The van der Waals surface area contributed by atoms with Crippen LogP contribution in [0.25, 0.3) is 0 Å². The molecule has 4 aliphatic rings. The van der Waals surface area contributed by atoms with E-state index in [0.29, 0.717) is 17.6 Å². The summed E-state index contributed by atoms with van der Waals surface area (Å²) in [7, 11) is 0. The summed E-state index contributed by atoms with van der Waals surface area (Å²) < 4.78 is 0. The van der Waals surface area contributed by atoms with E-state index >= 15 is 0 Å². The molecule has 1 spiro atoms. The van der Waals surface area contributed by atoms with Crippen LogP contribution in [0.1, 0.15) is 32.1 Å². The van der Waals surface area contributed by atoms with E-state index in [1.807, 2.05) is 6.08 Å². The molecule has 74 valence electrons. The van der Waals surface area contributed by atoms with Gasteiger partial charge in [-0.2, -0.15) is 0 Å². The monoisotopic (exact) mass is 188 g/mol. The molecule has 0 radical (unpaired) electrons. The van der Waals surface area contributed by atoms with Crippen molar-refractivity contribution in [1.29, 1.82) is 0 Å². The Morgan fingerprint density at radius 3 is 2.93 bits per heavy atom. The number of ketones is 1. The Labute approximate surface area is 84.6 Å². The Balaban J connectivity index is 1.67. The largest absolute Gasteiger partial charge is 0.295 e. The first-order chi connectivity index (χ1) is 6.77. The normalized spacial score (nSPS) is 51.3. The third kappa shape index (κ3) is 0.796. The fourth-order valence-corrected chi connectivity index (χ4v) is 4.48. The van der Waals surface area contributed by atoms with Gasteiger partial charge in [-0.3, -0.25) is 4.79 Å². The zero-order chi connectivity index (χ0) is 9.34. The van der Waals surface area contributed by atoms with Crippen LogP contribution in [0.5, 0.6) is 0 Å². The molecule has 0 aromatic rings. The first-order valence-electron chi connectivity index (χ1n) is 6.00. The van der Waals surface area contributed by atoms with Gasteiger partial charge < -0.3 is 0 Å². The standard InChI is InChI=1S/C13H16O/c14-11-2-1-8-5-9-6-13(3-4-13)7-10(9)12(8)11/h1-2,8-10,12H,3-7H2/t8-,9+,10-,12-/m1/s1. The second kappa shape index (κ2) is 2.15. The zero-order valence-electron chi connectivity index (χ0n) is 8.41. The van der Waals surface area contributed by atoms with Crippen molar-refractivity contribution in [3.8, 4) is 0 Å². The van der Waals surface area contributed by atoms with Gasteiger partial charge in [0.15, 0.2) is 5.78 Å². The molecule has 0 N–H and O–H groups in total. The highest BCUT2D eigenvalue weighted by atomic mass is 16.1. The van der Waals surface area contributed by atoms with E-state index < -0.39 is 0 Å². The Morgan fingerprint density at radius 2 is 2.14 bits per heavy atom. The highest BCUT2D eigenvalue weighted by Crippen LogP contribution is 2.67. The van der Waals surface area contributed by atoms with Crippen LogP contribution in [-0.2, 0) is 4.79 Å². The fraction of sp³-hybridized carbons (Fsp3) is 0.769. The molecule has 4 rings (SSSR count). The molecule has 0 saturated heterocycles. The van der Waals surface area contributed by atoms with Crippen LogP contribution in [0.15, 0.2) is 12.2 Å². The summed E-state index contributed by atoms with van der Waals surface area (Å²) in [5, 5.41) is 0. The van der Waals surface area contributed by atoms with E-state index in [4.69, 9.17) is 0 Å². The van der Waals surface area contributed by atoms with Crippen molar-refractivity contribution in [1.82, 2.24) is 0 Å². The van der Waals surface area contributed by atoms with Crippen LogP contribution in [0.4, 0.5) is 0 Å². The van der Waals surface area contributed by atoms with Crippen molar-refractivity contribution in [3.05, 3.63) is 12.2 Å². The Kier molecular flexibility index (Phi) is 1.18. The zero-order valence-corrected chi connectivity index (χ0v) is 8.41. The minimum atomic E-state index is 0.417. The maximum absolute atomic E-state index is 11.7. The molecular formula is C13H16O. The van der Waals surface area contributed by atoms with Gasteiger partial charge in [0.1, 0.15) is 0 Å². The molecule has 0 aliphatic heterocycles. The lowest BCUT2D eigenvalue weighted by Crippen LogP contribution is -2.18. The summed E-state index contributed by atoms with van der Waals surface area (Å²) in [5.74, 6) is 3.17. The lowest BCUT2D eigenvalue weighted by Gasteiger charge is -2.16. The summed E-state index contributed by atoms with van der Waals surface area (Å²) in [4.78, 5) is 11.7. The van der Waals surface area contributed by atoms with Crippen molar-refractivity contribution >= 4 is 5.78 Å². The van der Waals surface area contributed by atoms with Crippen LogP contribution < -0.4 is 0 Å². The number of allylic oxidation sites excluding steroid dienone is 2. The van der Waals surface area contributed by atoms with Gasteiger partial charge in [0, 0.05) is 5.92 Å². The van der Waals surface area contributed by atoms with Crippen LogP contribution in [0, 0.1) is 29.1 Å². The Morgan fingerprint density at radius 1 is 1.29 bits per heavy atom. The second-order valence-electron chi connectivity index (χ2n) is 6.02. The Hall–Kier alpha value is -0.590. The molecule has 3 fully saturated rings. The Bertz CT molecular complexity index is 337. The molecule has 4 atom stereocenters. The summed E-state index contributed by atoms with van der Waals surface area (Å²) in [5.41, 5.74) is 0.739. The average Bonchev–Trinajstić information content (AvgIpc) is 2.46. The van der Waals surface area contributed by atoms with E-state index in [1.165, 1.54) is 32.1 Å². The minimum absolute atomic E-state index is 0.417. The molecule has 1 heteroatoms. The molecule has 0 bridgehead atoms. The third-order valence-electron chi connectivity index (χ3n) is 5.26. The highest BCUT2D eigenvalue weighted by molar-refractivity contribution is 5.95. The molecule has 0 heterocycles. The molecule has 0 aromatic carbocycles. The van der Waals surface area contributed by atoms with Crippen LogP contribution >= 0.6 is 0 Å². The quantitative estimate of drug-likeness (QED) is 0.571. The number of carbonyl (C=O) groups excluding carboxylic acids is 1. The van der Waals surface area contributed by atoms with E-state index in [9.17, 15) is 4.79 Å². The maximum atomic E-state index is 11.7. The van der Waals surface area contributed by atoms with Crippen molar-refractivity contribution in [2.45, 2.75) is 32.1 Å². The van der Waals surface area contributed by atoms with Gasteiger partial charge in [-0.1, -0.05) is 6.08 Å². The predicted octanol–water partition coefficient (Wildman–Crippen LogP) is 2.57. The summed E-state index contributed by atoms with van der Waals surface area (Å²) in [6.07, 6.45) is 11.1. The molecule has 3 saturated carbocycles. The van der Waals surface area contributed by atoms with Crippen LogP contribution in [0.2, 0.25) is 0 Å². The molecule has 0 aromatic heterocycles. The SMILES string of the molecule is O=C1C=C[C@@H]2C[C@H]3CC4(CC4)C[C@H]3[C@H]12. The van der Waals surface area contributed by atoms with Crippen LogP contribution in [0.3, 0.4) is 0 Å². The van der Waals surface area contributed by atoms with Gasteiger partial charge in [0.2, 0.25) is 0 Å². The number of carbonyl (C=O) groups is 1. The molecular weight excluding hydrogens is 172 g/mol. The van der Waals surface area contributed by atoms with E-state index in [0.717, 1.165) is 17.3 Å². The molecule has 4 aliphatic carbocycles. The van der Waals surface area contributed by atoms with E-state index in [1.54, 1.807) is 0 Å². The van der Waals surface area contributed by atoms with Crippen molar-refractivity contribution in [2.24, 2.45) is 29.1 Å². The molecule has 14 heavy (non-hydrogen) atoms. The summed E-state index contributed by atoms with van der Waals surface area (Å²) >= 11 is 0. The molecule has 0 unspecified atom stereocenters. The lowest BCUT2D eigenvalue weighted by molar-refractivity contribution is -0.119. The number of fused-ring (bicyclic) bond motifs is 3. The van der Waals surface area contributed by atoms with Crippen molar-refractivity contribution in [3.63, 3.8) is 0 Å². The maximum Gasteiger partial charge on any atom is 0.159 e. The topological polar surface area (TPSA) is 17.1 Å². The summed E-state index contributed by atoms with van der Waals surface area (Å²) in [6.45, 7) is 0. The predicted molar refractivity (Wildman–Crippen MR) is 53.6 cm³/mol. The molecule has 0 amide bonds. The lowest BCUT2D eigenvalue weighted by atomic mass is 9.87. The van der Waals surface area contributed by atoms with Gasteiger partial charge in [-0.15, -0.1) is 0 Å². The van der Waals surface area contributed by atoms with E-state index in [-0.39, 0.29) is 0 Å².